The van der Waals surface area contributed by atoms with Crippen molar-refractivity contribution in [3.8, 4) is 17.5 Å². The molecule has 0 saturated heterocycles. The van der Waals surface area contributed by atoms with Crippen LogP contribution in [0.2, 0.25) is 0 Å². The van der Waals surface area contributed by atoms with Gasteiger partial charge in [-0.25, -0.2) is 0 Å². The Morgan fingerprint density at radius 1 is 1.33 bits per heavy atom. The van der Waals surface area contributed by atoms with Crippen LogP contribution in [-0.4, -0.2) is 22.4 Å². The van der Waals surface area contributed by atoms with Crippen LogP contribution in [0.3, 0.4) is 0 Å². The van der Waals surface area contributed by atoms with Crippen molar-refractivity contribution in [2.24, 2.45) is 0 Å². The second-order valence-electron chi connectivity index (χ2n) is 3.98. The molecule has 96 valence electrons. The number of hydrogen-bond donors (Lipinski definition) is 1. The fourth-order valence-electron chi connectivity index (χ4n) is 1.83. The van der Waals surface area contributed by atoms with E-state index in [1.807, 2.05) is 18.2 Å². The molecule has 0 spiro atoms. The predicted molar refractivity (Wildman–Crippen MR) is 66.2 cm³/mol. The standard InChI is InChI=1S/C13H16N2O3/c1-3-4-9-7-10(5-6-11(9)8-16)12-14-13(17-2)18-15-12/h5-7,16H,3-4,8H2,1-2H3. The van der Waals surface area contributed by atoms with E-state index in [2.05, 4.69) is 17.1 Å². The molecule has 1 N–H and O–H groups in total. The van der Waals surface area contributed by atoms with Crippen LogP contribution in [0, 0.1) is 0 Å². The highest BCUT2D eigenvalue weighted by Gasteiger charge is 2.10. The maximum atomic E-state index is 9.28. The summed E-state index contributed by atoms with van der Waals surface area (Å²) in [6, 6.07) is 5.75. The van der Waals surface area contributed by atoms with Crippen LogP contribution in [0.5, 0.6) is 6.08 Å². The Bertz CT molecular complexity index is 523. The third-order valence-corrected chi connectivity index (χ3v) is 2.74. The molecule has 2 aromatic rings. The van der Waals surface area contributed by atoms with Crippen LogP contribution >= 0.6 is 0 Å². The topological polar surface area (TPSA) is 68.4 Å². The average molecular weight is 248 g/mol. The quantitative estimate of drug-likeness (QED) is 0.878. The normalized spacial score (nSPS) is 10.6. The minimum atomic E-state index is 0.0468. The maximum absolute atomic E-state index is 9.28. The molecule has 0 amide bonds. The largest absolute Gasteiger partial charge is 0.452 e. The van der Waals surface area contributed by atoms with E-state index in [1.54, 1.807) is 0 Å². The number of hydrogen-bond acceptors (Lipinski definition) is 5. The first-order valence-electron chi connectivity index (χ1n) is 5.89. The molecule has 0 aliphatic carbocycles. The maximum Gasteiger partial charge on any atom is 0.417 e. The third kappa shape index (κ3) is 2.51. The molecule has 0 bridgehead atoms. The van der Waals surface area contributed by atoms with Gasteiger partial charge in [-0.05, 0) is 23.6 Å². The Labute approximate surface area is 105 Å². The van der Waals surface area contributed by atoms with Gasteiger partial charge in [0.15, 0.2) is 0 Å². The molecule has 18 heavy (non-hydrogen) atoms. The molecule has 2 rings (SSSR count). The van der Waals surface area contributed by atoms with Crippen LogP contribution < -0.4 is 4.74 Å². The van der Waals surface area contributed by atoms with Crippen LogP contribution in [0.1, 0.15) is 24.5 Å². The molecule has 5 nitrogen and oxygen atoms in total. The number of ether oxygens (including phenoxy) is 1. The van der Waals surface area contributed by atoms with E-state index in [0.29, 0.717) is 5.82 Å². The van der Waals surface area contributed by atoms with E-state index in [1.165, 1.54) is 7.11 Å². The van der Waals surface area contributed by atoms with Crippen molar-refractivity contribution in [2.45, 2.75) is 26.4 Å². The minimum Gasteiger partial charge on any atom is -0.452 e. The minimum absolute atomic E-state index is 0.0468. The Morgan fingerprint density at radius 3 is 2.78 bits per heavy atom. The summed E-state index contributed by atoms with van der Waals surface area (Å²) >= 11 is 0. The SMILES string of the molecule is CCCc1cc(-c2noc(OC)n2)ccc1CO. The molecule has 0 fully saturated rings. The summed E-state index contributed by atoms with van der Waals surface area (Å²) in [5.74, 6) is 0.494. The second-order valence-corrected chi connectivity index (χ2v) is 3.98. The lowest BCUT2D eigenvalue weighted by molar-refractivity contribution is 0.250. The van der Waals surface area contributed by atoms with Crippen molar-refractivity contribution in [3.63, 3.8) is 0 Å². The first-order chi connectivity index (χ1) is 8.78. The third-order valence-electron chi connectivity index (χ3n) is 2.74. The first-order valence-corrected chi connectivity index (χ1v) is 5.89. The zero-order valence-electron chi connectivity index (χ0n) is 10.5. The molecule has 0 saturated carbocycles. The Balaban J connectivity index is 2.36. The van der Waals surface area contributed by atoms with Gasteiger partial charge < -0.3 is 9.84 Å². The zero-order valence-corrected chi connectivity index (χ0v) is 10.5. The molecular weight excluding hydrogens is 232 g/mol. The lowest BCUT2D eigenvalue weighted by Crippen LogP contribution is -1.95. The molecule has 0 unspecified atom stereocenters. The summed E-state index contributed by atoms with van der Waals surface area (Å²) < 4.78 is 9.75. The van der Waals surface area contributed by atoms with Crippen molar-refractivity contribution in [2.75, 3.05) is 7.11 Å². The number of aryl methyl sites for hydroxylation is 1. The highest BCUT2D eigenvalue weighted by atomic mass is 16.6. The molecule has 0 aliphatic heterocycles. The Morgan fingerprint density at radius 2 is 2.17 bits per heavy atom. The van der Waals surface area contributed by atoms with Crippen LogP contribution in [0.4, 0.5) is 0 Å². The predicted octanol–water partition coefficient (Wildman–Crippen LogP) is 2.19. The number of aliphatic hydroxyl groups is 1. The summed E-state index contributed by atoms with van der Waals surface area (Å²) in [5.41, 5.74) is 2.92. The van der Waals surface area contributed by atoms with Gasteiger partial charge in [-0.3, -0.25) is 4.52 Å². The van der Waals surface area contributed by atoms with Crippen molar-refractivity contribution in [3.05, 3.63) is 29.3 Å². The van der Waals surface area contributed by atoms with Gasteiger partial charge in [-0.1, -0.05) is 30.6 Å². The average Bonchev–Trinajstić information content (AvgIpc) is 2.88. The fourth-order valence-corrected chi connectivity index (χ4v) is 1.83. The fraction of sp³-hybridized carbons (Fsp3) is 0.385. The number of benzene rings is 1. The zero-order chi connectivity index (χ0) is 13.0. The van der Waals surface area contributed by atoms with Gasteiger partial charge in [0.25, 0.3) is 0 Å². The van der Waals surface area contributed by atoms with Gasteiger partial charge >= 0.3 is 6.08 Å². The summed E-state index contributed by atoms with van der Waals surface area (Å²) in [7, 11) is 1.48. The van der Waals surface area contributed by atoms with Gasteiger partial charge in [0.1, 0.15) is 0 Å². The lowest BCUT2D eigenvalue weighted by atomic mass is 10.0. The second kappa shape index (κ2) is 5.64. The number of rotatable bonds is 5. The van der Waals surface area contributed by atoms with Gasteiger partial charge in [-0.15, -0.1) is 0 Å². The molecular formula is C13H16N2O3. The number of aliphatic hydroxyl groups excluding tert-OH is 1. The molecule has 0 atom stereocenters. The molecule has 0 aliphatic rings. The highest BCUT2D eigenvalue weighted by Crippen LogP contribution is 2.23. The molecule has 5 heteroatoms. The Kier molecular flexibility index (Phi) is 3.94. The van der Waals surface area contributed by atoms with Gasteiger partial charge in [0, 0.05) is 5.56 Å². The summed E-state index contributed by atoms with van der Waals surface area (Å²) in [6.45, 7) is 2.15. The van der Waals surface area contributed by atoms with E-state index in [9.17, 15) is 5.11 Å². The van der Waals surface area contributed by atoms with Gasteiger partial charge in [0.2, 0.25) is 5.82 Å². The molecule has 0 radical (unpaired) electrons. The van der Waals surface area contributed by atoms with E-state index >= 15 is 0 Å². The van der Waals surface area contributed by atoms with Gasteiger partial charge in [-0.2, -0.15) is 4.98 Å². The summed E-state index contributed by atoms with van der Waals surface area (Å²) in [6.07, 6.45) is 2.08. The van der Waals surface area contributed by atoms with Crippen molar-refractivity contribution < 1.29 is 14.4 Å². The van der Waals surface area contributed by atoms with Crippen molar-refractivity contribution >= 4 is 0 Å². The van der Waals surface area contributed by atoms with Crippen LogP contribution in [0.25, 0.3) is 11.4 Å². The first kappa shape index (κ1) is 12.6. The molecule has 1 aromatic heterocycles. The van der Waals surface area contributed by atoms with Crippen molar-refractivity contribution in [1.29, 1.82) is 0 Å². The van der Waals surface area contributed by atoms with E-state index in [0.717, 1.165) is 29.5 Å². The number of nitrogens with zero attached hydrogens (tertiary/aromatic N) is 2. The van der Waals surface area contributed by atoms with E-state index in [-0.39, 0.29) is 12.7 Å². The van der Waals surface area contributed by atoms with E-state index in [4.69, 9.17) is 9.26 Å². The lowest BCUT2D eigenvalue weighted by Gasteiger charge is -2.07. The van der Waals surface area contributed by atoms with Crippen LogP contribution in [0.15, 0.2) is 22.7 Å². The highest BCUT2D eigenvalue weighted by molar-refractivity contribution is 5.57. The molecule has 1 aromatic carbocycles. The summed E-state index contributed by atoms with van der Waals surface area (Å²) in [5, 5.41) is 13.1. The number of methoxy groups -OCH3 is 1. The van der Waals surface area contributed by atoms with Gasteiger partial charge in [0.05, 0.1) is 13.7 Å². The van der Waals surface area contributed by atoms with Crippen molar-refractivity contribution in [1.82, 2.24) is 10.1 Å². The summed E-state index contributed by atoms with van der Waals surface area (Å²) in [4.78, 5) is 4.09. The monoisotopic (exact) mass is 248 g/mol. The smallest absolute Gasteiger partial charge is 0.417 e. The van der Waals surface area contributed by atoms with Crippen LogP contribution in [-0.2, 0) is 13.0 Å². The number of aromatic nitrogens is 2. The van der Waals surface area contributed by atoms with E-state index < -0.39 is 0 Å². The Hall–Kier alpha value is -1.88. The molecule has 1 heterocycles.